The maximum absolute atomic E-state index is 12.7. The van der Waals surface area contributed by atoms with Gasteiger partial charge in [0.15, 0.2) is 0 Å². The van der Waals surface area contributed by atoms with Gasteiger partial charge in [0.05, 0.1) is 21.9 Å². The summed E-state index contributed by atoms with van der Waals surface area (Å²) >= 11 is 6.05. The minimum absolute atomic E-state index is 0.0387. The Hall–Kier alpha value is -3.43. The number of carbonyl (C=O) groups excluding carboxylic acids is 1. The number of aromatic nitrogens is 2. The van der Waals surface area contributed by atoms with E-state index in [4.69, 9.17) is 17.3 Å². The molecule has 2 aromatic carbocycles. The molecule has 142 valence electrons. The van der Waals surface area contributed by atoms with Gasteiger partial charge in [0, 0.05) is 28.4 Å². The van der Waals surface area contributed by atoms with Crippen molar-refractivity contribution in [1.29, 1.82) is 0 Å². The van der Waals surface area contributed by atoms with Crippen LogP contribution in [0.25, 0.3) is 5.69 Å². The van der Waals surface area contributed by atoms with E-state index in [2.05, 4.69) is 10.4 Å². The number of nitrogens with two attached hydrogens (primary N) is 1. The fourth-order valence-corrected chi connectivity index (χ4v) is 3.58. The van der Waals surface area contributed by atoms with Crippen molar-refractivity contribution in [2.45, 2.75) is 12.5 Å². The molecule has 1 aromatic heterocycles. The summed E-state index contributed by atoms with van der Waals surface area (Å²) in [6.45, 7) is 1.61. The van der Waals surface area contributed by atoms with Crippen molar-refractivity contribution in [1.82, 2.24) is 9.78 Å². The number of nitro benzene ring substituents is 1. The van der Waals surface area contributed by atoms with Gasteiger partial charge in [-0.3, -0.25) is 14.9 Å². The molecule has 3 aromatic rings. The number of benzene rings is 2. The molecule has 0 saturated carbocycles. The second kappa shape index (κ2) is 6.04. The van der Waals surface area contributed by atoms with Gasteiger partial charge >= 0.3 is 0 Å². The molecule has 10 heteroatoms. The fraction of sp³-hybridized carbons (Fsp3) is 0.111. The van der Waals surface area contributed by atoms with Gasteiger partial charge in [0.1, 0.15) is 5.82 Å². The highest BCUT2D eigenvalue weighted by Gasteiger charge is 2.50. The highest BCUT2D eigenvalue weighted by molar-refractivity contribution is 6.31. The summed E-state index contributed by atoms with van der Waals surface area (Å²) in [5.74, 6) is -0.625. The normalized spacial score (nSPS) is 18.0. The summed E-state index contributed by atoms with van der Waals surface area (Å²) in [6.07, 6.45) is 0. The maximum Gasteiger partial charge on any atom is 0.269 e. The SMILES string of the molecule is Cc1nn(-c2ccc([N+](=O)[O-])cc2)c(N)c1[C@]1(O)C(=O)Nc2ccc(Cl)cc21. The minimum Gasteiger partial charge on any atom is -0.383 e. The van der Waals surface area contributed by atoms with Gasteiger partial charge in [0.2, 0.25) is 5.60 Å². The Labute approximate surface area is 163 Å². The summed E-state index contributed by atoms with van der Waals surface area (Å²) < 4.78 is 1.32. The molecule has 0 unspecified atom stereocenters. The molecule has 0 aliphatic carbocycles. The van der Waals surface area contributed by atoms with Crippen LogP contribution in [0.4, 0.5) is 17.2 Å². The predicted molar refractivity (Wildman–Crippen MR) is 102 cm³/mol. The van der Waals surface area contributed by atoms with Crippen LogP contribution in [-0.4, -0.2) is 25.7 Å². The number of rotatable bonds is 3. The molecule has 2 heterocycles. The predicted octanol–water partition coefficient (Wildman–Crippen LogP) is 2.51. The lowest BCUT2D eigenvalue weighted by Gasteiger charge is -2.21. The van der Waals surface area contributed by atoms with E-state index in [1.165, 1.54) is 35.0 Å². The smallest absolute Gasteiger partial charge is 0.269 e. The van der Waals surface area contributed by atoms with Crippen LogP contribution in [0.2, 0.25) is 5.02 Å². The van der Waals surface area contributed by atoms with E-state index >= 15 is 0 Å². The molecule has 28 heavy (non-hydrogen) atoms. The molecule has 0 bridgehead atoms. The third-order valence-corrected chi connectivity index (χ3v) is 4.95. The number of nitrogens with zero attached hydrogens (tertiary/aromatic N) is 3. The number of hydrogen-bond donors (Lipinski definition) is 3. The number of fused-ring (bicyclic) bond motifs is 1. The van der Waals surface area contributed by atoms with Crippen molar-refractivity contribution in [2.24, 2.45) is 0 Å². The molecule has 0 radical (unpaired) electrons. The Bertz CT molecular complexity index is 1140. The Kier molecular flexibility index (Phi) is 3.88. The zero-order valence-corrected chi connectivity index (χ0v) is 15.3. The second-order valence-electron chi connectivity index (χ2n) is 6.39. The lowest BCUT2D eigenvalue weighted by Crippen LogP contribution is -2.36. The first-order valence-corrected chi connectivity index (χ1v) is 8.55. The first kappa shape index (κ1) is 18.0. The number of aliphatic hydroxyl groups is 1. The molecule has 1 atom stereocenters. The van der Waals surface area contributed by atoms with Crippen LogP contribution in [-0.2, 0) is 10.4 Å². The number of non-ortho nitro benzene ring substituents is 1. The number of hydrogen-bond acceptors (Lipinski definition) is 6. The summed E-state index contributed by atoms with van der Waals surface area (Å²) in [7, 11) is 0. The van der Waals surface area contributed by atoms with Crippen LogP contribution < -0.4 is 11.1 Å². The van der Waals surface area contributed by atoms with Gasteiger partial charge in [-0.1, -0.05) is 11.6 Å². The van der Waals surface area contributed by atoms with Gasteiger partial charge in [0.25, 0.3) is 11.6 Å². The topological polar surface area (TPSA) is 136 Å². The van der Waals surface area contributed by atoms with E-state index in [9.17, 15) is 20.0 Å². The zero-order chi connectivity index (χ0) is 20.2. The van der Waals surface area contributed by atoms with Crippen LogP contribution >= 0.6 is 11.6 Å². The Morgan fingerprint density at radius 2 is 1.96 bits per heavy atom. The molecule has 4 N–H and O–H groups in total. The highest BCUT2D eigenvalue weighted by atomic mass is 35.5. The Balaban J connectivity index is 1.88. The number of anilines is 2. The van der Waals surface area contributed by atoms with Gasteiger partial charge in [-0.05, 0) is 37.3 Å². The number of carbonyl (C=O) groups is 1. The largest absolute Gasteiger partial charge is 0.383 e. The van der Waals surface area contributed by atoms with E-state index in [-0.39, 0.29) is 22.6 Å². The second-order valence-corrected chi connectivity index (χ2v) is 6.82. The fourth-order valence-electron chi connectivity index (χ4n) is 3.41. The number of nitrogens with one attached hydrogen (secondary N) is 1. The third kappa shape index (κ3) is 2.44. The molecule has 1 aliphatic rings. The molecular weight excluding hydrogens is 386 g/mol. The lowest BCUT2D eigenvalue weighted by molar-refractivity contribution is -0.384. The molecular formula is C18H14ClN5O4. The minimum atomic E-state index is -2.06. The van der Waals surface area contributed by atoms with E-state index in [1.54, 1.807) is 19.1 Å². The van der Waals surface area contributed by atoms with Crippen molar-refractivity contribution < 1.29 is 14.8 Å². The van der Waals surface area contributed by atoms with Crippen LogP contribution in [0.3, 0.4) is 0 Å². The van der Waals surface area contributed by atoms with E-state index in [0.717, 1.165) is 0 Å². The van der Waals surface area contributed by atoms with Crippen molar-refractivity contribution in [3.8, 4) is 5.69 Å². The lowest BCUT2D eigenvalue weighted by atomic mass is 9.87. The van der Waals surface area contributed by atoms with E-state index < -0.39 is 16.4 Å². The summed E-state index contributed by atoms with van der Waals surface area (Å²) in [6, 6.07) is 10.3. The molecule has 1 amide bonds. The van der Waals surface area contributed by atoms with E-state index in [0.29, 0.717) is 22.1 Å². The molecule has 0 spiro atoms. The summed E-state index contributed by atoms with van der Waals surface area (Å²) in [4.78, 5) is 23.0. The van der Waals surface area contributed by atoms with Crippen LogP contribution in [0.1, 0.15) is 16.8 Å². The molecule has 0 saturated heterocycles. The molecule has 9 nitrogen and oxygen atoms in total. The number of nitrogen functional groups attached to an aromatic ring is 1. The van der Waals surface area contributed by atoms with Crippen molar-refractivity contribution in [3.05, 3.63) is 74.4 Å². The third-order valence-electron chi connectivity index (χ3n) is 4.71. The number of aryl methyl sites for hydroxylation is 1. The van der Waals surface area contributed by atoms with Gasteiger partial charge in [-0.2, -0.15) is 5.10 Å². The van der Waals surface area contributed by atoms with Crippen LogP contribution in [0, 0.1) is 17.0 Å². The summed E-state index contributed by atoms with van der Waals surface area (Å²) in [5, 5.41) is 29.5. The number of nitro groups is 1. The maximum atomic E-state index is 12.7. The first-order chi connectivity index (χ1) is 13.2. The van der Waals surface area contributed by atoms with Crippen LogP contribution in [0.15, 0.2) is 42.5 Å². The van der Waals surface area contributed by atoms with Crippen LogP contribution in [0.5, 0.6) is 0 Å². The van der Waals surface area contributed by atoms with E-state index in [1.807, 2.05) is 0 Å². The highest BCUT2D eigenvalue weighted by Crippen LogP contribution is 2.45. The monoisotopic (exact) mass is 399 g/mol. The number of halogens is 1. The molecule has 0 fully saturated rings. The molecule has 1 aliphatic heterocycles. The summed E-state index contributed by atoms with van der Waals surface area (Å²) in [5.41, 5.74) is 5.73. The van der Waals surface area contributed by atoms with Crippen molar-refractivity contribution in [3.63, 3.8) is 0 Å². The molecule has 4 rings (SSSR count). The average molecular weight is 400 g/mol. The van der Waals surface area contributed by atoms with Crippen molar-refractivity contribution in [2.75, 3.05) is 11.1 Å². The average Bonchev–Trinajstić information content (AvgIpc) is 3.09. The Morgan fingerprint density at radius 1 is 1.29 bits per heavy atom. The Morgan fingerprint density at radius 3 is 2.61 bits per heavy atom. The van der Waals surface area contributed by atoms with Gasteiger partial charge < -0.3 is 16.2 Å². The quantitative estimate of drug-likeness (QED) is 0.457. The number of amides is 1. The van der Waals surface area contributed by atoms with Crippen molar-refractivity contribution >= 4 is 34.7 Å². The van der Waals surface area contributed by atoms with Gasteiger partial charge in [-0.15, -0.1) is 0 Å². The first-order valence-electron chi connectivity index (χ1n) is 8.17. The zero-order valence-electron chi connectivity index (χ0n) is 14.5. The van der Waals surface area contributed by atoms with Gasteiger partial charge in [-0.25, -0.2) is 4.68 Å². The standard InChI is InChI=1S/C18H14ClN5O4/c1-9-15(18(26)13-8-10(19)2-7-14(13)21-17(18)25)16(20)23(22-9)11-3-5-12(6-4-11)24(27)28/h2-8,26H,20H2,1H3,(H,21,25)/t18-/m0/s1.